The van der Waals surface area contributed by atoms with Crippen LogP contribution < -0.4 is 0 Å². The number of ether oxygens (including phenoxy) is 1. The van der Waals surface area contributed by atoms with Crippen LogP contribution in [-0.2, 0) is 15.7 Å². The topological polar surface area (TPSA) is 66.8 Å². The second-order valence-corrected chi connectivity index (χ2v) is 7.05. The first-order valence-electron chi connectivity index (χ1n) is 8.52. The normalized spacial score (nSPS) is 29.2. The van der Waals surface area contributed by atoms with Crippen molar-refractivity contribution in [3.8, 4) is 0 Å². The fraction of sp³-hybridized carbons (Fsp3) is 0.556. The second-order valence-electron chi connectivity index (χ2n) is 7.05. The number of alkyl halides is 3. The summed E-state index contributed by atoms with van der Waals surface area (Å²) in [7, 11) is 0. The van der Waals surface area contributed by atoms with E-state index in [1.807, 2.05) is 0 Å². The minimum absolute atomic E-state index is 0.158. The average Bonchev–Trinajstić information content (AvgIpc) is 2.96. The minimum Gasteiger partial charge on any atom is -0.480 e. The number of benzene rings is 1. The SMILES string of the molecule is CC1CCC2(CC1)OC[C@H](C(=O)O)N2C(=O)c1cccc(C(F)(F)F)c1. The first kappa shape index (κ1) is 18.7. The number of nitrogens with zero attached hydrogens (tertiary/aromatic N) is 1. The van der Waals surface area contributed by atoms with Crippen molar-refractivity contribution in [2.45, 2.75) is 50.6 Å². The lowest BCUT2D eigenvalue weighted by molar-refractivity contribution is -0.143. The summed E-state index contributed by atoms with van der Waals surface area (Å²) in [6.07, 6.45) is -2.11. The largest absolute Gasteiger partial charge is 0.480 e. The molecule has 1 saturated carbocycles. The molecular formula is C18H20F3NO4. The van der Waals surface area contributed by atoms with E-state index in [0.29, 0.717) is 18.8 Å². The molecule has 0 bridgehead atoms. The summed E-state index contributed by atoms with van der Waals surface area (Å²) in [5.74, 6) is -1.53. The molecule has 0 unspecified atom stereocenters. The number of carbonyl (C=O) groups excluding carboxylic acids is 1. The van der Waals surface area contributed by atoms with Gasteiger partial charge in [-0.15, -0.1) is 0 Å². The molecule has 5 nitrogen and oxygen atoms in total. The molecule has 3 rings (SSSR count). The van der Waals surface area contributed by atoms with Crippen LogP contribution in [0.15, 0.2) is 24.3 Å². The molecule has 1 saturated heterocycles. The van der Waals surface area contributed by atoms with Crippen LogP contribution in [0.4, 0.5) is 13.2 Å². The zero-order valence-electron chi connectivity index (χ0n) is 14.3. The number of aliphatic carboxylic acids is 1. The number of halogens is 3. The molecule has 26 heavy (non-hydrogen) atoms. The Hall–Kier alpha value is -2.09. The lowest BCUT2D eigenvalue weighted by Gasteiger charge is -2.42. The highest BCUT2D eigenvalue weighted by Crippen LogP contribution is 2.43. The molecule has 1 N–H and O–H groups in total. The smallest absolute Gasteiger partial charge is 0.416 e. The van der Waals surface area contributed by atoms with Gasteiger partial charge in [-0.1, -0.05) is 13.0 Å². The molecule has 1 aliphatic carbocycles. The summed E-state index contributed by atoms with van der Waals surface area (Å²) < 4.78 is 44.6. The Bertz CT molecular complexity index is 711. The Morgan fingerprint density at radius 1 is 1.27 bits per heavy atom. The molecule has 2 fully saturated rings. The highest BCUT2D eigenvalue weighted by molar-refractivity contribution is 5.97. The van der Waals surface area contributed by atoms with Gasteiger partial charge in [-0.2, -0.15) is 13.2 Å². The summed E-state index contributed by atoms with van der Waals surface area (Å²) in [6.45, 7) is 1.91. The van der Waals surface area contributed by atoms with Crippen molar-refractivity contribution in [1.82, 2.24) is 4.90 Å². The summed E-state index contributed by atoms with van der Waals surface area (Å²) in [6, 6.07) is 2.86. The van der Waals surface area contributed by atoms with Gasteiger partial charge in [0, 0.05) is 5.56 Å². The van der Waals surface area contributed by atoms with Gasteiger partial charge in [0.15, 0.2) is 6.04 Å². The monoisotopic (exact) mass is 371 g/mol. The van der Waals surface area contributed by atoms with E-state index in [1.165, 1.54) is 6.07 Å². The third-order valence-corrected chi connectivity index (χ3v) is 5.26. The maximum atomic E-state index is 13.0. The number of rotatable bonds is 2. The van der Waals surface area contributed by atoms with Crippen LogP contribution in [0.2, 0.25) is 0 Å². The fourth-order valence-corrected chi connectivity index (χ4v) is 3.74. The van der Waals surface area contributed by atoms with Crippen LogP contribution in [0.3, 0.4) is 0 Å². The van der Waals surface area contributed by atoms with Crippen molar-refractivity contribution >= 4 is 11.9 Å². The highest BCUT2D eigenvalue weighted by Gasteiger charge is 2.53. The van der Waals surface area contributed by atoms with E-state index in [9.17, 15) is 27.9 Å². The first-order chi connectivity index (χ1) is 12.1. The number of hydrogen-bond donors (Lipinski definition) is 1. The van der Waals surface area contributed by atoms with Crippen molar-refractivity contribution in [2.75, 3.05) is 6.61 Å². The average molecular weight is 371 g/mol. The molecule has 1 atom stereocenters. The van der Waals surface area contributed by atoms with Crippen LogP contribution in [0, 0.1) is 5.92 Å². The third kappa shape index (κ3) is 3.30. The van der Waals surface area contributed by atoms with Crippen LogP contribution in [0.5, 0.6) is 0 Å². The van der Waals surface area contributed by atoms with E-state index >= 15 is 0 Å². The molecule has 1 aromatic carbocycles. The van der Waals surface area contributed by atoms with Gasteiger partial charge < -0.3 is 9.84 Å². The van der Waals surface area contributed by atoms with Gasteiger partial charge in [-0.05, 0) is 49.8 Å². The highest BCUT2D eigenvalue weighted by atomic mass is 19.4. The second kappa shape index (κ2) is 6.57. The molecule has 1 amide bonds. The standard InChI is InChI=1S/C18H20F3NO4/c1-11-5-7-17(8-6-11)22(14(10-26-17)16(24)25)15(23)12-3-2-4-13(9-12)18(19,20)21/h2-4,9,11,14H,5-8,10H2,1H3,(H,24,25)/t11?,14-,17?/m1/s1. The van der Waals surface area contributed by atoms with Gasteiger partial charge in [0.25, 0.3) is 5.91 Å². The molecule has 8 heteroatoms. The molecule has 0 aromatic heterocycles. The molecule has 1 spiro atoms. The van der Waals surface area contributed by atoms with E-state index in [1.54, 1.807) is 0 Å². The van der Waals surface area contributed by atoms with Gasteiger partial charge in [-0.25, -0.2) is 4.79 Å². The maximum Gasteiger partial charge on any atom is 0.416 e. The Morgan fingerprint density at radius 3 is 2.50 bits per heavy atom. The lowest BCUT2D eigenvalue weighted by atomic mass is 9.83. The van der Waals surface area contributed by atoms with Crippen molar-refractivity contribution in [1.29, 1.82) is 0 Å². The van der Waals surface area contributed by atoms with Crippen molar-refractivity contribution in [3.63, 3.8) is 0 Å². The molecule has 0 radical (unpaired) electrons. The van der Waals surface area contributed by atoms with Crippen LogP contribution in [0.1, 0.15) is 48.5 Å². The lowest BCUT2D eigenvalue weighted by Crippen LogP contribution is -2.55. The molecule has 1 heterocycles. The van der Waals surface area contributed by atoms with Crippen LogP contribution in [-0.4, -0.2) is 40.3 Å². The van der Waals surface area contributed by atoms with E-state index in [4.69, 9.17) is 4.74 Å². The van der Waals surface area contributed by atoms with E-state index in [0.717, 1.165) is 35.9 Å². The Kier molecular flexibility index (Phi) is 4.72. The quantitative estimate of drug-likeness (QED) is 0.864. The zero-order chi connectivity index (χ0) is 19.1. The molecule has 1 aromatic rings. The fourth-order valence-electron chi connectivity index (χ4n) is 3.74. The van der Waals surface area contributed by atoms with Crippen molar-refractivity contribution in [3.05, 3.63) is 35.4 Å². The van der Waals surface area contributed by atoms with Crippen LogP contribution in [0.25, 0.3) is 0 Å². The van der Waals surface area contributed by atoms with Gasteiger partial charge in [0.05, 0.1) is 12.2 Å². The van der Waals surface area contributed by atoms with E-state index in [-0.39, 0.29) is 12.2 Å². The first-order valence-corrected chi connectivity index (χ1v) is 8.52. The Morgan fingerprint density at radius 2 is 1.92 bits per heavy atom. The van der Waals surface area contributed by atoms with Crippen molar-refractivity contribution < 1.29 is 32.6 Å². The number of hydrogen-bond acceptors (Lipinski definition) is 3. The molecular weight excluding hydrogens is 351 g/mol. The van der Waals surface area contributed by atoms with Gasteiger partial charge in [0.1, 0.15) is 5.72 Å². The number of carboxylic acids is 1. The van der Waals surface area contributed by atoms with Gasteiger partial charge in [-0.3, -0.25) is 9.69 Å². The van der Waals surface area contributed by atoms with E-state index in [2.05, 4.69) is 6.92 Å². The van der Waals surface area contributed by atoms with Crippen LogP contribution >= 0.6 is 0 Å². The third-order valence-electron chi connectivity index (χ3n) is 5.26. The predicted molar refractivity (Wildman–Crippen MR) is 85.4 cm³/mol. The summed E-state index contributed by atoms with van der Waals surface area (Å²) in [5, 5.41) is 9.48. The molecule has 1 aliphatic heterocycles. The Labute approximate surface area is 148 Å². The number of carbonyl (C=O) groups is 2. The Balaban J connectivity index is 1.97. The number of carboxylic acid groups (broad SMARTS) is 1. The van der Waals surface area contributed by atoms with Gasteiger partial charge in [0.2, 0.25) is 0 Å². The summed E-state index contributed by atoms with van der Waals surface area (Å²) >= 11 is 0. The molecule has 2 aliphatic rings. The predicted octanol–water partition coefficient (Wildman–Crippen LogP) is 3.54. The summed E-state index contributed by atoms with van der Waals surface area (Å²) in [4.78, 5) is 25.8. The summed E-state index contributed by atoms with van der Waals surface area (Å²) in [5.41, 5.74) is -2.18. The van der Waals surface area contributed by atoms with E-state index < -0.39 is 35.4 Å². The van der Waals surface area contributed by atoms with Crippen molar-refractivity contribution in [2.24, 2.45) is 5.92 Å². The zero-order valence-corrected chi connectivity index (χ0v) is 14.3. The minimum atomic E-state index is -4.58. The molecule has 142 valence electrons. The van der Waals surface area contributed by atoms with Gasteiger partial charge >= 0.3 is 12.1 Å². The number of amides is 1. The maximum absolute atomic E-state index is 13.0.